The van der Waals surface area contributed by atoms with Crippen molar-refractivity contribution in [1.82, 2.24) is 0 Å². The molecule has 0 atom stereocenters. The third kappa shape index (κ3) is 1.82. The van der Waals surface area contributed by atoms with Gasteiger partial charge in [-0.1, -0.05) is 18.2 Å². The van der Waals surface area contributed by atoms with Crippen LogP contribution in [0.15, 0.2) is 24.3 Å². The van der Waals surface area contributed by atoms with Crippen molar-refractivity contribution in [2.75, 3.05) is 5.32 Å². The van der Waals surface area contributed by atoms with E-state index in [-0.39, 0.29) is 0 Å². The van der Waals surface area contributed by atoms with E-state index in [0.717, 1.165) is 18.4 Å². The second-order valence-corrected chi connectivity index (χ2v) is 3.25. The van der Waals surface area contributed by atoms with Crippen molar-refractivity contribution >= 4 is 17.9 Å². The van der Waals surface area contributed by atoms with E-state index in [2.05, 4.69) is 11.4 Å². The van der Waals surface area contributed by atoms with Crippen LogP contribution in [0.5, 0.6) is 0 Å². The van der Waals surface area contributed by atoms with Gasteiger partial charge in [-0.15, -0.1) is 4.39 Å². The molecular weight excluding hydrogens is 181 g/mol. The van der Waals surface area contributed by atoms with Gasteiger partial charge in [0.25, 0.3) is 0 Å². The molecule has 2 nitrogen and oxygen atoms in total. The number of amides is 1. The summed E-state index contributed by atoms with van der Waals surface area (Å²) in [6, 6.07) is 5.42. The van der Waals surface area contributed by atoms with E-state index in [1.165, 1.54) is 5.56 Å². The summed E-state index contributed by atoms with van der Waals surface area (Å²) in [5.74, 6) is 0. The van der Waals surface area contributed by atoms with Crippen LogP contribution in [0.3, 0.4) is 0 Å². The normalized spacial score (nSPS) is 13.5. The number of anilines is 1. The molecule has 14 heavy (non-hydrogen) atoms. The minimum Gasteiger partial charge on any atom is -0.298 e. The Hall–Kier alpha value is -1.64. The first-order chi connectivity index (χ1) is 6.75. The largest absolute Gasteiger partial charge is 0.401 e. The van der Waals surface area contributed by atoms with Gasteiger partial charge in [0.15, 0.2) is 0 Å². The summed E-state index contributed by atoms with van der Waals surface area (Å²) in [5.41, 5.74) is 2.80. The highest BCUT2D eigenvalue weighted by Crippen LogP contribution is 2.22. The summed E-state index contributed by atoms with van der Waals surface area (Å²) in [4.78, 5) is 10.2. The Labute approximate surface area is 81.4 Å². The molecule has 0 fully saturated rings. The monoisotopic (exact) mass is 191 g/mol. The maximum absolute atomic E-state index is 12.1. The van der Waals surface area contributed by atoms with Crippen LogP contribution in [0, 0.1) is 0 Å². The average molecular weight is 191 g/mol. The highest BCUT2D eigenvalue weighted by Gasteiger charge is 2.06. The van der Waals surface area contributed by atoms with Gasteiger partial charge in [0.1, 0.15) is 0 Å². The van der Waals surface area contributed by atoms with Crippen LogP contribution in [0.4, 0.5) is 14.9 Å². The molecule has 0 aliphatic heterocycles. The zero-order chi connectivity index (χ0) is 9.97. The van der Waals surface area contributed by atoms with Crippen LogP contribution >= 0.6 is 0 Å². The Bertz CT molecular complexity index is 398. The molecule has 1 aliphatic rings. The molecule has 0 radical (unpaired) electrons. The van der Waals surface area contributed by atoms with Crippen LogP contribution in [-0.2, 0) is 6.42 Å². The number of hydrogen-bond donors (Lipinski definition) is 1. The van der Waals surface area contributed by atoms with Crippen molar-refractivity contribution in [1.29, 1.82) is 0 Å². The Morgan fingerprint density at radius 1 is 1.43 bits per heavy atom. The molecule has 0 bridgehead atoms. The van der Waals surface area contributed by atoms with E-state index in [4.69, 9.17) is 0 Å². The van der Waals surface area contributed by atoms with E-state index in [0.29, 0.717) is 5.69 Å². The van der Waals surface area contributed by atoms with Crippen molar-refractivity contribution in [2.45, 2.75) is 12.8 Å². The molecule has 0 aromatic heterocycles. The number of carbonyl (C=O) groups is 1. The SMILES string of the molecule is O=C(F)Nc1ccc2c(c1)C=CCC2. The smallest absolute Gasteiger partial charge is 0.298 e. The summed E-state index contributed by atoms with van der Waals surface area (Å²) in [5, 5.41) is 2.12. The first-order valence-corrected chi connectivity index (χ1v) is 4.51. The number of hydrogen-bond acceptors (Lipinski definition) is 1. The van der Waals surface area contributed by atoms with Crippen molar-refractivity contribution in [3.05, 3.63) is 35.4 Å². The number of fused-ring (bicyclic) bond motifs is 1. The maximum Gasteiger partial charge on any atom is 0.401 e. The molecule has 1 aliphatic carbocycles. The van der Waals surface area contributed by atoms with Crippen LogP contribution < -0.4 is 5.32 Å². The zero-order valence-corrected chi connectivity index (χ0v) is 7.59. The first-order valence-electron chi connectivity index (χ1n) is 4.51. The van der Waals surface area contributed by atoms with Crippen LogP contribution in [-0.4, -0.2) is 6.16 Å². The quantitative estimate of drug-likeness (QED) is 0.536. The molecule has 0 heterocycles. The molecular formula is C11H10FNO. The van der Waals surface area contributed by atoms with E-state index in [1.807, 2.05) is 12.1 Å². The third-order valence-electron chi connectivity index (χ3n) is 2.27. The van der Waals surface area contributed by atoms with E-state index < -0.39 is 6.16 Å². The second kappa shape index (κ2) is 3.62. The van der Waals surface area contributed by atoms with Gasteiger partial charge in [0.05, 0.1) is 0 Å². The lowest BCUT2D eigenvalue weighted by atomic mass is 9.97. The molecule has 1 N–H and O–H groups in total. The van der Waals surface area contributed by atoms with E-state index in [9.17, 15) is 9.18 Å². The highest BCUT2D eigenvalue weighted by molar-refractivity contribution is 5.84. The number of carbonyl (C=O) groups excluding carboxylic acids is 1. The molecule has 3 heteroatoms. The summed E-state index contributed by atoms with van der Waals surface area (Å²) < 4.78 is 12.1. The fraction of sp³-hybridized carbons (Fsp3) is 0.182. The first kappa shape index (κ1) is 8.94. The predicted molar refractivity (Wildman–Crippen MR) is 53.9 cm³/mol. The summed E-state index contributed by atoms with van der Waals surface area (Å²) in [7, 11) is 0. The molecule has 1 aromatic carbocycles. The number of aryl methyl sites for hydroxylation is 1. The molecule has 1 aromatic rings. The van der Waals surface area contributed by atoms with Gasteiger partial charge in [-0.25, -0.2) is 4.79 Å². The maximum atomic E-state index is 12.1. The van der Waals surface area contributed by atoms with Crippen LogP contribution in [0.25, 0.3) is 6.08 Å². The molecule has 2 rings (SSSR count). The van der Waals surface area contributed by atoms with Gasteiger partial charge in [0, 0.05) is 5.69 Å². The van der Waals surface area contributed by atoms with Gasteiger partial charge >= 0.3 is 6.16 Å². The van der Waals surface area contributed by atoms with Gasteiger partial charge < -0.3 is 0 Å². The minimum atomic E-state index is -1.52. The number of benzene rings is 1. The fourth-order valence-corrected chi connectivity index (χ4v) is 1.62. The zero-order valence-electron chi connectivity index (χ0n) is 7.59. The Balaban J connectivity index is 2.30. The highest BCUT2D eigenvalue weighted by atomic mass is 19.1. The fourth-order valence-electron chi connectivity index (χ4n) is 1.62. The van der Waals surface area contributed by atoms with Gasteiger partial charge in [-0.3, -0.25) is 5.32 Å². The summed E-state index contributed by atoms with van der Waals surface area (Å²) >= 11 is 0. The summed E-state index contributed by atoms with van der Waals surface area (Å²) in [6.45, 7) is 0. The third-order valence-corrected chi connectivity index (χ3v) is 2.27. The topological polar surface area (TPSA) is 29.1 Å². The summed E-state index contributed by atoms with van der Waals surface area (Å²) in [6.07, 6.45) is 4.60. The van der Waals surface area contributed by atoms with Crippen molar-refractivity contribution in [3.63, 3.8) is 0 Å². The van der Waals surface area contributed by atoms with Crippen molar-refractivity contribution < 1.29 is 9.18 Å². The van der Waals surface area contributed by atoms with Gasteiger partial charge in [-0.05, 0) is 36.1 Å². The van der Waals surface area contributed by atoms with Crippen molar-refractivity contribution in [2.24, 2.45) is 0 Å². The van der Waals surface area contributed by atoms with E-state index in [1.54, 1.807) is 12.1 Å². The van der Waals surface area contributed by atoms with Gasteiger partial charge in [-0.2, -0.15) is 0 Å². The average Bonchev–Trinajstić information content (AvgIpc) is 2.17. The lowest BCUT2D eigenvalue weighted by molar-refractivity contribution is 0.235. The number of allylic oxidation sites excluding steroid dienone is 1. The standard InChI is InChI=1S/C11H10FNO/c12-11(14)13-10-6-5-8-3-1-2-4-9(8)7-10/h2,4-7H,1,3H2,(H,13,14). The molecule has 72 valence electrons. The molecule has 0 saturated carbocycles. The van der Waals surface area contributed by atoms with Crippen molar-refractivity contribution in [3.8, 4) is 0 Å². The van der Waals surface area contributed by atoms with Crippen LogP contribution in [0.1, 0.15) is 17.5 Å². The lowest BCUT2D eigenvalue weighted by Crippen LogP contribution is -2.03. The Kier molecular flexibility index (Phi) is 2.31. The van der Waals surface area contributed by atoms with Crippen LogP contribution in [0.2, 0.25) is 0 Å². The Morgan fingerprint density at radius 3 is 3.07 bits per heavy atom. The molecule has 0 unspecified atom stereocenters. The number of rotatable bonds is 1. The Morgan fingerprint density at radius 2 is 2.29 bits per heavy atom. The lowest BCUT2D eigenvalue weighted by Gasteiger charge is -2.11. The predicted octanol–water partition coefficient (Wildman–Crippen LogP) is 3.15. The number of halogens is 1. The number of nitrogens with one attached hydrogen (secondary N) is 1. The second-order valence-electron chi connectivity index (χ2n) is 3.25. The molecule has 0 saturated heterocycles. The van der Waals surface area contributed by atoms with E-state index >= 15 is 0 Å². The minimum absolute atomic E-state index is 0.503. The van der Waals surface area contributed by atoms with Gasteiger partial charge in [0.2, 0.25) is 0 Å². The molecule has 1 amide bonds. The molecule has 0 spiro atoms.